The molecule has 0 saturated heterocycles. The summed E-state index contributed by atoms with van der Waals surface area (Å²) in [4.78, 5) is 26.7. The Hall–Kier alpha value is -3.41. The smallest absolute Gasteiger partial charge is 0.277 e. The van der Waals surface area contributed by atoms with Crippen molar-refractivity contribution in [1.82, 2.24) is 10.4 Å². The molecule has 3 rings (SSSR count). The number of carbonyl (C=O) groups is 1. The molecule has 0 bridgehead atoms. The second-order valence-corrected chi connectivity index (χ2v) is 6.47. The van der Waals surface area contributed by atoms with Crippen molar-refractivity contribution in [2.75, 3.05) is 6.61 Å². The number of hydrazone groups is 1. The fourth-order valence-corrected chi connectivity index (χ4v) is 2.75. The van der Waals surface area contributed by atoms with E-state index in [-0.39, 0.29) is 12.2 Å². The number of aromatic nitrogens is 1. The van der Waals surface area contributed by atoms with Crippen LogP contribution in [0.2, 0.25) is 0 Å². The van der Waals surface area contributed by atoms with Crippen molar-refractivity contribution in [2.45, 2.75) is 26.2 Å². The number of unbranched alkanes of at least 4 members (excludes halogenated alkanes) is 1. The maximum atomic E-state index is 12.0. The molecule has 0 radical (unpaired) electrons. The van der Waals surface area contributed by atoms with E-state index in [4.69, 9.17) is 4.74 Å². The number of ether oxygens (including phenoxy) is 1. The van der Waals surface area contributed by atoms with Gasteiger partial charge in [0.1, 0.15) is 5.75 Å². The van der Waals surface area contributed by atoms with Gasteiger partial charge in [0.15, 0.2) is 6.61 Å². The second-order valence-electron chi connectivity index (χ2n) is 6.47. The highest BCUT2D eigenvalue weighted by molar-refractivity contribution is 5.88. The van der Waals surface area contributed by atoms with Gasteiger partial charge in [0.05, 0.1) is 11.8 Å². The highest BCUT2D eigenvalue weighted by Crippen LogP contribution is 2.14. The number of carbonyl (C=O) groups excluding carboxylic acids is 1. The molecule has 0 fully saturated rings. The van der Waals surface area contributed by atoms with Gasteiger partial charge < -0.3 is 9.72 Å². The molecule has 6 heteroatoms. The third-order valence-electron chi connectivity index (χ3n) is 4.29. The van der Waals surface area contributed by atoms with Crippen LogP contribution in [0.4, 0.5) is 0 Å². The number of rotatable bonds is 8. The first-order chi connectivity index (χ1) is 13.7. The van der Waals surface area contributed by atoms with Crippen molar-refractivity contribution >= 4 is 23.0 Å². The third-order valence-corrected chi connectivity index (χ3v) is 4.29. The fourth-order valence-electron chi connectivity index (χ4n) is 2.75. The summed E-state index contributed by atoms with van der Waals surface area (Å²) in [6.45, 7) is 2.01. The Labute approximate surface area is 163 Å². The van der Waals surface area contributed by atoms with E-state index in [0.29, 0.717) is 11.3 Å². The molecule has 0 spiro atoms. The summed E-state index contributed by atoms with van der Waals surface area (Å²) in [5.74, 6) is 0.230. The quantitative estimate of drug-likeness (QED) is 0.466. The van der Waals surface area contributed by atoms with Gasteiger partial charge in [-0.2, -0.15) is 5.10 Å². The topological polar surface area (TPSA) is 83.5 Å². The van der Waals surface area contributed by atoms with E-state index >= 15 is 0 Å². The van der Waals surface area contributed by atoms with E-state index in [1.807, 2.05) is 48.5 Å². The predicted octanol–water partition coefficient (Wildman–Crippen LogP) is 3.40. The van der Waals surface area contributed by atoms with E-state index < -0.39 is 5.91 Å². The summed E-state index contributed by atoms with van der Waals surface area (Å²) in [5, 5.41) is 4.73. The summed E-state index contributed by atoms with van der Waals surface area (Å²) in [6, 6.07) is 16.9. The Kier molecular flexibility index (Phi) is 6.57. The summed E-state index contributed by atoms with van der Waals surface area (Å²) < 4.78 is 5.46. The number of benzene rings is 2. The number of aromatic amines is 1. The van der Waals surface area contributed by atoms with E-state index in [1.165, 1.54) is 11.8 Å². The molecule has 28 heavy (non-hydrogen) atoms. The molecule has 0 aliphatic heterocycles. The Morgan fingerprint density at radius 1 is 1.18 bits per heavy atom. The molecule has 2 aromatic carbocycles. The first kappa shape index (κ1) is 19.4. The highest BCUT2D eigenvalue weighted by Gasteiger charge is 2.03. The van der Waals surface area contributed by atoms with Crippen molar-refractivity contribution in [3.63, 3.8) is 0 Å². The lowest BCUT2D eigenvalue weighted by molar-refractivity contribution is -0.123. The number of fused-ring (bicyclic) bond motifs is 1. The van der Waals surface area contributed by atoms with Crippen LogP contribution in [0.1, 0.15) is 30.9 Å². The van der Waals surface area contributed by atoms with E-state index in [1.54, 1.807) is 6.07 Å². The van der Waals surface area contributed by atoms with Crippen LogP contribution in [0.3, 0.4) is 0 Å². The Bertz CT molecular complexity index is 1020. The van der Waals surface area contributed by atoms with Crippen molar-refractivity contribution in [3.05, 3.63) is 76.1 Å². The third kappa shape index (κ3) is 5.30. The zero-order chi connectivity index (χ0) is 19.8. The van der Waals surface area contributed by atoms with Gasteiger partial charge in [-0.25, -0.2) is 5.43 Å². The van der Waals surface area contributed by atoms with Gasteiger partial charge >= 0.3 is 0 Å². The molecule has 0 aliphatic carbocycles. The molecule has 1 amide bonds. The summed E-state index contributed by atoms with van der Waals surface area (Å²) in [5.41, 5.74) is 4.47. The number of pyridine rings is 1. The van der Waals surface area contributed by atoms with Crippen LogP contribution < -0.4 is 15.7 Å². The molecule has 0 aliphatic rings. The minimum Gasteiger partial charge on any atom is -0.484 e. The summed E-state index contributed by atoms with van der Waals surface area (Å²) >= 11 is 0. The number of amides is 1. The zero-order valence-corrected chi connectivity index (χ0v) is 15.8. The van der Waals surface area contributed by atoms with E-state index in [9.17, 15) is 9.59 Å². The van der Waals surface area contributed by atoms with Gasteiger partial charge in [0, 0.05) is 5.52 Å². The molecular formula is C22H23N3O3. The first-order valence-corrected chi connectivity index (χ1v) is 9.31. The molecule has 0 saturated carbocycles. The van der Waals surface area contributed by atoms with Crippen LogP contribution in [0, 0.1) is 0 Å². The molecule has 6 nitrogen and oxygen atoms in total. The van der Waals surface area contributed by atoms with Crippen LogP contribution in [0.15, 0.2) is 64.5 Å². The van der Waals surface area contributed by atoms with Crippen LogP contribution in [0.25, 0.3) is 10.9 Å². The van der Waals surface area contributed by atoms with E-state index in [0.717, 1.165) is 30.2 Å². The minimum atomic E-state index is -0.400. The van der Waals surface area contributed by atoms with E-state index in [2.05, 4.69) is 22.4 Å². The van der Waals surface area contributed by atoms with Crippen molar-refractivity contribution in [1.29, 1.82) is 0 Å². The zero-order valence-electron chi connectivity index (χ0n) is 15.8. The highest BCUT2D eigenvalue weighted by atomic mass is 16.5. The number of H-pyrrole nitrogens is 1. The predicted molar refractivity (Wildman–Crippen MR) is 111 cm³/mol. The largest absolute Gasteiger partial charge is 0.484 e. The second kappa shape index (κ2) is 9.50. The maximum absolute atomic E-state index is 12.0. The normalized spacial score (nSPS) is 11.0. The number of aryl methyl sites for hydroxylation is 1. The number of nitrogens with zero attached hydrogens (tertiary/aromatic N) is 1. The summed E-state index contributed by atoms with van der Waals surface area (Å²) in [6.07, 6.45) is 4.68. The van der Waals surface area contributed by atoms with Gasteiger partial charge in [0.25, 0.3) is 11.5 Å². The number of hydrogen-bond donors (Lipinski definition) is 2. The summed E-state index contributed by atoms with van der Waals surface area (Å²) in [7, 11) is 0. The van der Waals surface area contributed by atoms with Crippen LogP contribution in [0.5, 0.6) is 5.75 Å². The van der Waals surface area contributed by atoms with Gasteiger partial charge in [0.2, 0.25) is 0 Å². The minimum absolute atomic E-state index is 0.153. The number of para-hydroxylation sites is 1. The Morgan fingerprint density at radius 3 is 2.75 bits per heavy atom. The SMILES string of the molecule is CCCCc1ccc(OCC(=O)N/N=C/c2cc3ccccc3[nH]c2=O)cc1. The first-order valence-electron chi connectivity index (χ1n) is 9.31. The molecule has 3 aromatic rings. The molecule has 1 aromatic heterocycles. The maximum Gasteiger partial charge on any atom is 0.277 e. The van der Waals surface area contributed by atoms with Crippen LogP contribution in [-0.4, -0.2) is 23.7 Å². The lowest BCUT2D eigenvalue weighted by Crippen LogP contribution is -2.25. The molecule has 1 heterocycles. The van der Waals surface area contributed by atoms with Crippen molar-refractivity contribution in [2.24, 2.45) is 5.10 Å². The standard InChI is InChI=1S/C22H23N3O3/c1-2-3-6-16-9-11-19(12-10-16)28-15-21(26)25-23-14-18-13-17-7-4-5-8-20(17)24-22(18)27/h4-5,7-14H,2-3,6,15H2,1H3,(H,24,27)(H,25,26)/b23-14+. The lowest BCUT2D eigenvalue weighted by Gasteiger charge is -2.06. The average Bonchev–Trinajstić information content (AvgIpc) is 2.72. The van der Waals surface area contributed by atoms with Gasteiger partial charge in [-0.1, -0.05) is 43.7 Å². The Morgan fingerprint density at radius 2 is 1.96 bits per heavy atom. The molecular weight excluding hydrogens is 354 g/mol. The molecule has 144 valence electrons. The van der Waals surface area contributed by atoms with Crippen LogP contribution >= 0.6 is 0 Å². The number of nitrogens with one attached hydrogen (secondary N) is 2. The van der Waals surface area contributed by atoms with Crippen LogP contribution in [-0.2, 0) is 11.2 Å². The molecule has 0 atom stereocenters. The van der Waals surface area contributed by atoms with Gasteiger partial charge in [-0.3, -0.25) is 9.59 Å². The molecule has 2 N–H and O–H groups in total. The number of hydrogen-bond acceptors (Lipinski definition) is 4. The van der Waals surface area contributed by atoms with Crippen molar-refractivity contribution in [3.8, 4) is 5.75 Å². The Balaban J connectivity index is 1.51. The van der Waals surface area contributed by atoms with Crippen molar-refractivity contribution < 1.29 is 9.53 Å². The monoisotopic (exact) mass is 377 g/mol. The van der Waals surface area contributed by atoms with Gasteiger partial charge in [-0.15, -0.1) is 0 Å². The molecule has 0 unspecified atom stereocenters. The fraction of sp³-hybridized carbons (Fsp3) is 0.227. The average molecular weight is 377 g/mol. The van der Waals surface area contributed by atoms with Gasteiger partial charge in [-0.05, 0) is 48.1 Å². The lowest BCUT2D eigenvalue weighted by atomic mass is 10.1.